The van der Waals surface area contributed by atoms with E-state index in [2.05, 4.69) is 17.1 Å². The van der Waals surface area contributed by atoms with Crippen molar-refractivity contribution in [2.24, 2.45) is 5.92 Å². The summed E-state index contributed by atoms with van der Waals surface area (Å²) < 4.78 is 0. The van der Waals surface area contributed by atoms with Crippen molar-refractivity contribution in [1.29, 1.82) is 0 Å². The number of hydrogen-bond donors (Lipinski definition) is 2. The van der Waals surface area contributed by atoms with Gasteiger partial charge in [-0.15, -0.1) is 0 Å². The van der Waals surface area contributed by atoms with Gasteiger partial charge in [0.1, 0.15) is 0 Å². The van der Waals surface area contributed by atoms with Crippen LogP contribution >= 0.6 is 0 Å². The number of piperidine rings is 1. The lowest BCUT2D eigenvalue weighted by atomic mass is 9.93. The summed E-state index contributed by atoms with van der Waals surface area (Å²) in [5.41, 5.74) is 0.00379. The zero-order valence-corrected chi connectivity index (χ0v) is 11.4. The van der Waals surface area contributed by atoms with E-state index in [0.717, 1.165) is 18.8 Å². The molecular formula is C14H28N2O. The molecule has 1 saturated heterocycles. The highest BCUT2D eigenvalue weighted by molar-refractivity contribution is 4.99. The van der Waals surface area contributed by atoms with Crippen molar-refractivity contribution >= 4 is 0 Å². The molecule has 3 unspecified atom stereocenters. The first-order valence-corrected chi connectivity index (χ1v) is 7.27. The minimum absolute atomic E-state index is 0.00379. The Labute approximate surface area is 106 Å². The molecule has 3 heteroatoms. The summed E-state index contributed by atoms with van der Waals surface area (Å²) in [6, 6.07) is 0.698. The van der Waals surface area contributed by atoms with Crippen molar-refractivity contribution in [2.75, 3.05) is 26.7 Å². The quantitative estimate of drug-likeness (QED) is 0.784. The normalized spacial score (nSPS) is 39.7. The smallest absolute Gasteiger partial charge is 0.0613 e. The molecule has 0 radical (unpaired) electrons. The number of likely N-dealkylation sites (N-methyl/N-ethyl adjacent to an activating group) is 1. The van der Waals surface area contributed by atoms with Crippen LogP contribution < -0.4 is 5.32 Å². The van der Waals surface area contributed by atoms with E-state index >= 15 is 0 Å². The lowest BCUT2D eigenvalue weighted by Crippen LogP contribution is -2.47. The Kier molecular flexibility index (Phi) is 4.45. The maximum absolute atomic E-state index is 9.55. The summed E-state index contributed by atoms with van der Waals surface area (Å²) in [6.45, 7) is 5.15. The molecule has 1 saturated carbocycles. The largest absolute Gasteiger partial charge is 0.394 e. The van der Waals surface area contributed by atoms with Crippen LogP contribution in [-0.4, -0.2) is 48.3 Å². The van der Waals surface area contributed by atoms with Gasteiger partial charge in [0.2, 0.25) is 0 Å². The number of nitrogens with zero attached hydrogens (tertiary/aromatic N) is 1. The monoisotopic (exact) mass is 240 g/mol. The molecule has 17 heavy (non-hydrogen) atoms. The molecule has 0 amide bonds. The van der Waals surface area contributed by atoms with Crippen molar-refractivity contribution in [1.82, 2.24) is 10.2 Å². The van der Waals surface area contributed by atoms with Crippen molar-refractivity contribution < 1.29 is 5.11 Å². The van der Waals surface area contributed by atoms with E-state index in [0.29, 0.717) is 6.04 Å². The number of likely N-dealkylation sites (tertiary alicyclic amines) is 1. The summed E-state index contributed by atoms with van der Waals surface area (Å²) >= 11 is 0. The van der Waals surface area contributed by atoms with Gasteiger partial charge in [-0.3, -0.25) is 0 Å². The van der Waals surface area contributed by atoms with Gasteiger partial charge in [-0.05, 0) is 51.6 Å². The number of aliphatic hydroxyl groups is 1. The Morgan fingerprint density at radius 2 is 2.24 bits per heavy atom. The molecule has 2 N–H and O–H groups in total. The van der Waals surface area contributed by atoms with Gasteiger partial charge < -0.3 is 15.3 Å². The van der Waals surface area contributed by atoms with Gasteiger partial charge in [-0.2, -0.15) is 0 Å². The fourth-order valence-electron chi connectivity index (χ4n) is 3.62. The first-order valence-electron chi connectivity index (χ1n) is 7.27. The van der Waals surface area contributed by atoms with E-state index < -0.39 is 0 Å². The minimum Gasteiger partial charge on any atom is -0.394 e. The lowest BCUT2D eigenvalue weighted by molar-refractivity contribution is 0.108. The molecule has 1 aliphatic heterocycles. The summed E-state index contributed by atoms with van der Waals surface area (Å²) in [4.78, 5) is 2.69. The number of hydrogen-bond acceptors (Lipinski definition) is 3. The van der Waals surface area contributed by atoms with Crippen LogP contribution in [0.1, 0.15) is 45.4 Å². The van der Waals surface area contributed by atoms with Gasteiger partial charge in [0.15, 0.2) is 0 Å². The van der Waals surface area contributed by atoms with Gasteiger partial charge in [-0.1, -0.05) is 13.3 Å². The second-order valence-electron chi connectivity index (χ2n) is 6.00. The highest BCUT2D eigenvalue weighted by atomic mass is 16.3. The van der Waals surface area contributed by atoms with Crippen molar-refractivity contribution in [3.05, 3.63) is 0 Å². The predicted molar refractivity (Wildman–Crippen MR) is 71.1 cm³/mol. The zero-order valence-electron chi connectivity index (χ0n) is 11.4. The standard InChI is InChI=1S/C14H28N2O/c1-3-12-5-4-8-16(10-12)13-6-7-14(9-13,11-17)15-2/h12-13,15,17H,3-11H2,1-2H3. The van der Waals surface area contributed by atoms with Gasteiger partial charge in [0.25, 0.3) is 0 Å². The summed E-state index contributed by atoms with van der Waals surface area (Å²) in [6.07, 6.45) is 7.59. The predicted octanol–water partition coefficient (Wildman–Crippen LogP) is 1.61. The van der Waals surface area contributed by atoms with Crippen LogP contribution in [0.5, 0.6) is 0 Å². The van der Waals surface area contributed by atoms with E-state index in [1.807, 2.05) is 7.05 Å². The Morgan fingerprint density at radius 3 is 2.82 bits per heavy atom. The highest BCUT2D eigenvalue weighted by Gasteiger charge is 2.40. The Balaban J connectivity index is 1.91. The molecule has 1 aliphatic carbocycles. The maximum atomic E-state index is 9.55. The van der Waals surface area contributed by atoms with Crippen molar-refractivity contribution in [2.45, 2.75) is 57.0 Å². The van der Waals surface area contributed by atoms with Crippen LogP contribution in [0.4, 0.5) is 0 Å². The molecule has 3 atom stereocenters. The molecule has 2 fully saturated rings. The molecule has 0 aromatic heterocycles. The average molecular weight is 240 g/mol. The third-order valence-electron chi connectivity index (χ3n) is 5.06. The highest BCUT2D eigenvalue weighted by Crippen LogP contribution is 2.34. The topological polar surface area (TPSA) is 35.5 Å². The number of rotatable bonds is 4. The van der Waals surface area contributed by atoms with Gasteiger partial charge >= 0.3 is 0 Å². The Hall–Kier alpha value is -0.120. The first-order chi connectivity index (χ1) is 8.23. The third kappa shape index (κ3) is 2.83. The van der Waals surface area contributed by atoms with E-state index in [1.165, 1.54) is 38.8 Å². The zero-order chi connectivity index (χ0) is 12.3. The van der Waals surface area contributed by atoms with E-state index in [9.17, 15) is 5.11 Å². The molecular weight excluding hydrogens is 212 g/mol. The molecule has 3 nitrogen and oxygen atoms in total. The summed E-state index contributed by atoms with van der Waals surface area (Å²) in [5.74, 6) is 0.905. The van der Waals surface area contributed by atoms with Crippen LogP contribution in [-0.2, 0) is 0 Å². The van der Waals surface area contributed by atoms with Crippen LogP contribution in [0.3, 0.4) is 0 Å². The molecule has 0 spiro atoms. The Bertz CT molecular complexity index is 240. The molecule has 0 aromatic carbocycles. The van der Waals surface area contributed by atoms with E-state index in [-0.39, 0.29) is 12.1 Å². The number of nitrogens with one attached hydrogen (secondary N) is 1. The number of aliphatic hydroxyl groups excluding tert-OH is 1. The molecule has 1 heterocycles. The molecule has 2 rings (SSSR count). The second kappa shape index (κ2) is 5.68. The van der Waals surface area contributed by atoms with Crippen LogP contribution in [0.2, 0.25) is 0 Å². The average Bonchev–Trinajstić information content (AvgIpc) is 2.84. The van der Waals surface area contributed by atoms with Crippen LogP contribution in [0.25, 0.3) is 0 Å². The third-order valence-corrected chi connectivity index (χ3v) is 5.06. The van der Waals surface area contributed by atoms with E-state index in [4.69, 9.17) is 0 Å². The van der Waals surface area contributed by atoms with Crippen LogP contribution in [0, 0.1) is 5.92 Å². The SMILES string of the molecule is CCC1CCCN(C2CCC(CO)(NC)C2)C1. The van der Waals surface area contributed by atoms with Gasteiger partial charge in [-0.25, -0.2) is 0 Å². The molecule has 100 valence electrons. The van der Waals surface area contributed by atoms with Crippen molar-refractivity contribution in [3.8, 4) is 0 Å². The van der Waals surface area contributed by atoms with Crippen LogP contribution in [0.15, 0.2) is 0 Å². The fourth-order valence-corrected chi connectivity index (χ4v) is 3.62. The summed E-state index contributed by atoms with van der Waals surface area (Å²) in [7, 11) is 1.99. The van der Waals surface area contributed by atoms with Crippen molar-refractivity contribution in [3.63, 3.8) is 0 Å². The maximum Gasteiger partial charge on any atom is 0.0613 e. The molecule has 2 aliphatic rings. The lowest BCUT2D eigenvalue weighted by Gasteiger charge is -2.37. The van der Waals surface area contributed by atoms with E-state index in [1.54, 1.807) is 0 Å². The second-order valence-corrected chi connectivity index (χ2v) is 6.00. The van der Waals surface area contributed by atoms with Gasteiger partial charge in [0, 0.05) is 18.1 Å². The summed E-state index contributed by atoms with van der Waals surface area (Å²) in [5, 5.41) is 12.9. The Morgan fingerprint density at radius 1 is 1.41 bits per heavy atom. The molecule has 0 aromatic rings. The fraction of sp³-hybridized carbons (Fsp3) is 1.00. The van der Waals surface area contributed by atoms with Gasteiger partial charge in [0.05, 0.1) is 6.61 Å². The minimum atomic E-state index is 0.00379. The molecule has 0 bridgehead atoms. The first kappa shape index (κ1) is 13.3.